The fourth-order valence-corrected chi connectivity index (χ4v) is 5.76. The minimum Gasteiger partial charge on any atom is -0.462 e. The van der Waals surface area contributed by atoms with Crippen LogP contribution in [0.2, 0.25) is 0 Å². The quantitative estimate of drug-likeness (QED) is 0.436. The minimum absolute atomic E-state index is 0.162. The molecule has 1 aliphatic rings. The van der Waals surface area contributed by atoms with E-state index in [4.69, 9.17) is 9.15 Å². The van der Waals surface area contributed by atoms with E-state index in [1.54, 1.807) is 6.92 Å². The van der Waals surface area contributed by atoms with Gasteiger partial charge in [-0.1, -0.05) is 13.0 Å². The van der Waals surface area contributed by atoms with E-state index in [-0.39, 0.29) is 18.4 Å². The summed E-state index contributed by atoms with van der Waals surface area (Å²) in [4.78, 5) is 29.5. The van der Waals surface area contributed by atoms with Crippen LogP contribution in [0.4, 0.5) is 5.00 Å². The molecule has 0 aliphatic heterocycles. The number of nitrogens with one attached hydrogen (secondary N) is 1. The van der Waals surface area contributed by atoms with Gasteiger partial charge < -0.3 is 14.5 Å². The molecule has 0 saturated carbocycles. The van der Waals surface area contributed by atoms with Gasteiger partial charge in [-0.05, 0) is 56.2 Å². The molecule has 0 fully saturated rings. The summed E-state index contributed by atoms with van der Waals surface area (Å²) < 4.78 is 11.0. The number of anilines is 1. The van der Waals surface area contributed by atoms with E-state index in [9.17, 15) is 9.59 Å². The van der Waals surface area contributed by atoms with E-state index in [0.29, 0.717) is 42.0 Å². The number of esters is 1. The van der Waals surface area contributed by atoms with Crippen molar-refractivity contribution in [1.29, 1.82) is 0 Å². The molecule has 3 heterocycles. The summed E-state index contributed by atoms with van der Waals surface area (Å²) in [5.41, 5.74) is 1.55. The van der Waals surface area contributed by atoms with Gasteiger partial charge in [-0.2, -0.15) is 0 Å². The van der Waals surface area contributed by atoms with Crippen molar-refractivity contribution in [2.75, 3.05) is 25.0 Å². The third-order valence-electron chi connectivity index (χ3n) is 5.12. The molecule has 170 valence electrons. The van der Waals surface area contributed by atoms with E-state index in [2.05, 4.69) is 22.4 Å². The van der Waals surface area contributed by atoms with Crippen LogP contribution < -0.4 is 5.32 Å². The fraction of sp³-hybridized carbons (Fsp3) is 0.455. The molecule has 3 aromatic rings. The first kappa shape index (κ1) is 22.6. The topological polar surface area (TPSA) is 97.6 Å². The van der Waals surface area contributed by atoms with Crippen LogP contribution in [0.15, 0.2) is 21.9 Å². The van der Waals surface area contributed by atoms with Crippen LogP contribution in [0.1, 0.15) is 53.4 Å². The van der Waals surface area contributed by atoms with Gasteiger partial charge >= 0.3 is 5.97 Å². The maximum Gasteiger partial charge on any atom is 0.341 e. The van der Waals surface area contributed by atoms with E-state index in [1.807, 2.05) is 22.4 Å². The summed E-state index contributed by atoms with van der Waals surface area (Å²) in [7, 11) is 0. The van der Waals surface area contributed by atoms with Crippen molar-refractivity contribution in [2.45, 2.75) is 46.1 Å². The van der Waals surface area contributed by atoms with Crippen LogP contribution in [-0.2, 0) is 28.9 Å². The van der Waals surface area contributed by atoms with Gasteiger partial charge in [0.15, 0.2) is 0 Å². The molecule has 1 aliphatic carbocycles. The highest BCUT2D eigenvalue weighted by atomic mass is 32.1. The number of ether oxygens (including phenoxy) is 1. The summed E-state index contributed by atoms with van der Waals surface area (Å²) in [6.45, 7) is 5.39. The van der Waals surface area contributed by atoms with Crippen molar-refractivity contribution in [3.63, 3.8) is 0 Å². The number of aryl methyl sites for hydroxylation is 1. The number of thiophene rings is 2. The summed E-state index contributed by atoms with van der Waals surface area (Å²) in [6.07, 6.45) is 3.69. The Morgan fingerprint density at radius 2 is 2.16 bits per heavy atom. The predicted octanol–water partition coefficient (Wildman–Crippen LogP) is 4.38. The first-order valence-electron chi connectivity index (χ1n) is 10.8. The number of hydrogen-bond acceptors (Lipinski definition) is 9. The molecule has 0 unspecified atom stereocenters. The van der Waals surface area contributed by atoms with Gasteiger partial charge in [0.1, 0.15) is 5.00 Å². The zero-order valence-electron chi connectivity index (χ0n) is 18.2. The van der Waals surface area contributed by atoms with Crippen LogP contribution in [0.25, 0.3) is 10.8 Å². The minimum atomic E-state index is -0.361. The number of nitrogens with zero attached hydrogens (tertiary/aromatic N) is 3. The lowest BCUT2D eigenvalue weighted by molar-refractivity contribution is -0.117. The molecule has 4 rings (SSSR count). The zero-order chi connectivity index (χ0) is 22.5. The van der Waals surface area contributed by atoms with Gasteiger partial charge in [-0.15, -0.1) is 32.9 Å². The number of aromatic nitrogens is 2. The Kier molecular flexibility index (Phi) is 7.33. The standard InChI is InChI=1S/C22H26N4O4S2/c1-3-10-26(13-18-24-25-20(30-18)16-9-6-11-31-16)12-17(27)23-21-19(22(28)29-4-2)14-7-5-8-15(14)32-21/h6,9,11H,3-5,7-8,10,12-13H2,1-2H3,(H,23,27). The Morgan fingerprint density at radius 1 is 1.28 bits per heavy atom. The van der Waals surface area contributed by atoms with Crippen LogP contribution in [0.3, 0.4) is 0 Å². The summed E-state index contributed by atoms with van der Waals surface area (Å²) in [6, 6.07) is 3.86. The lowest BCUT2D eigenvalue weighted by Crippen LogP contribution is -2.33. The highest BCUT2D eigenvalue weighted by molar-refractivity contribution is 7.17. The molecule has 0 aromatic carbocycles. The van der Waals surface area contributed by atoms with Gasteiger partial charge in [0.05, 0.1) is 30.1 Å². The highest BCUT2D eigenvalue weighted by Crippen LogP contribution is 2.39. The SMILES string of the molecule is CCCN(CC(=O)Nc1sc2c(c1C(=O)OCC)CCC2)Cc1nnc(-c2cccs2)o1. The first-order chi connectivity index (χ1) is 15.6. The van der Waals surface area contributed by atoms with E-state index >= 15 is 0 Å². The van der Waals surface area contributed by atoms with Gasteiger partial charge in [-0.25, -0.2) is 4.79 Å². The molecule has 0 atom stereocenters. The largest absolute Gasteiger partial charge is 0.462 e. The van der Waals surface area contributed by atoms with Crippen molar-refractivity contribution in [1.82, 2.24) is 15.1 Å². The second-order valence-electron chi connectivity index (χ2n) is 7.52. The maximum absolute atomic E-state index is 12.9. The van der Waals surface area contributed by atoms with Gasteiger partial charge in [0.25, 0.3) is 5.89 Å². The van der Waals surface area contributed by atoms with Gasteiger partial charge in [0.2, 0.25) is 11.8 Å². The molecule has 0 radical (unpaired) electrons. The summed E-state index contributed by atoms with van der Waals surface area (Å²) >= 11 is 3.02. The summed E-state index contributed by atoms with van der Waals surface area (Å²) in [5, 5.41) is 13.7. The van der Waals surface area contributed by atoms with Crippen molar-refractivity contribution < 1.29 is 18.7 Å². The number of carbonyl (C=O) groups is 2. The molecule has 0 bridgehead atoms. The van der Waals surface area contributed by atoms with Crippen LogP contribution in [0.5, 0.6) is 0 Å². The van der Waals surface area contributed by atoms with E-state index < -0.39 is 0 Å². The third-order valence-corrected chi connectivity index (χ3v) is 7.18. The van der Waals surface area contributed by atoms with E-state index in [0.717, 1.165) is 36.1 Å². The molecular weight excluding hydrogens is 448 g/mol. The van der Waals surface area contributed by atoms with Crippen molar-refractivity contribution in [2.24, 2.45) is 0 Å². The molecular formula is C22H26N4O4S2. The molecule has 8 nitrogen and oxygen atoms in total. The third kappa shape index (κ3) is 5.08. The molecule has 1 N–H and O–H groups in total. The van der Waals surface area contributed by atoms with Crippen molar-refractivity contribution >= 4 is 39.6 Å². The number of amides is 1. The second-order valence-corrected chi connectivity index (χ2v) is 9.57. The molecule has 0 saturated heterocycles. The number of hydrogen-bond donors (Lipinski definition) is 1. The number of carbonyl (C=O) groups excluding carboxylic acids is 2. The lowest BCUT2D eigenvalue weighted by Gasteiger charge is -2.19. The molecule has 0 spiro atoms. The maximum atomic E-state index is 12.9. The first-order valence-corrected chi connectivity index (χ1v) is 12.5. The Morgan fingerprint density at radius 3 is 2.91 bits per heavy atom. The number of rotatable bonds is 10. The van der Waals surface area contributed by atoms with Gasteiger partial charge in [0, 0.05) is 4.88 Å². The Bertz CT molecular complexity index is 1070. The Labute approximate surface area is 194 Å². The highest BCUT2D eigenvalue weighted by Gasteiger charge is 2.28. The monoisotopic (exact) mass is 474 g/mol. The van der Waals surface area contributed by atoms with Crippen molar-refractivity contribution in [3.05, 3.63) is 39.4 Å². The second kappa shape index (κ2) is 10.4. The van der Waals surface area contributed by atoms with Gasteiger partial charge in [-0.3, -0.25) is 9.69 Å². The average molecular weight is 475 g/mol. The normalized spacial score (nSPS) is 12.8. The Hall–Kier alpha value is -2.56. The van der Waals surface area contributed by atoms with Crippen molar-refractivity contribution in [3.8, 4) is 10.8 Å². The van der Waals surface area contributed by atoms with E-state index in [1.165, 1.54) is 27.6 Å². The summed E-state index contributed by atoms with van der Waals surface area (Å²) in [5.74, 6) is 0.418. The molecule has 10 heteroatoms. The lowest BCUT2D eigenvalue weighted by atomic mass is 10.1. The van der Waals surface area contributed by atoms with Crippen LogP contribution >= 0.6 is 22.7 Å². The molecule has 3 aromatic heterocycles. The average Bonchev–Trinajstić information content (AvgIpc) is 3.53. The predicted molar refractivity (Wildman–Crippen MR) is 124 cm³/mol. The Balaban J connectivity index is 1.43. The van der Waals surface area contributed by atoms with Crippen LogP contribution in [-0.4, -0.2) is 46.7 Å². The smallest absolute Gasteiger partial charge is 0.341 e. The zero-order valence-corrected chi connectivity index (χ0v) is 19.8. The molecule has 1 amide bonds. The fourth-order valence-electron chi connectivity index (χ4n) is 3.82. The molecule has 32 heavy (non-hydrogen) atoms. The number of fused-ring (bicyclic) bond motifs is 1. The van der Waals surface area contributed by atoms with Crippen LogP contribution in [0, 0.1) is 0 Å².